The van der Waals surface area contributed by atoms with Gasteiger partial charge in [-0.05, 0) is 0 Å². The Morgan fingerprint density at radius 3 is 1.12 bits per heavy atom. The maximum atomic E-state index is 12.2. The van der Waals surface area contributed by atoms with E-state index >= 15 is 0 Å². The summed E-state index contributed by atoms with van der Waals surface area (Å²) < 4.78 is 0. The molecule has 14 nitrogen and oxygen atoms in total. The largest absolute Gasteiger partial charge is 0.290 e. The summed E-state index contributed by atoms with van der Waals surface area (Å²) >= 11 is 0. The molecule has 0 aliphatic carbocycles. The van der Waals surface area contributed by atoms with Crippen LogP contribution in [0.5, 0.6) is 0 Å². The highest BCUT2D eigenvalue weighted by Crippen LogP contribution is 2.28. The third kappa shape index (κ3) is 3.11. The molecule has 0 aliphatic rings. The first-order chi connectivity index (χ1) is 12.3. The molecular weight excluding hydrogens is 348 g/mol. The zero-order valence-corrected chi connectivity index (χ0v) is 12.8. The van der Waals surface area contributed by atoms with Gasteiger partial charge in [-0.2, -0.15) is 10.5 Å². The standard InChI is InChI=1S/C12H12N10O4/c13-1-3-5(9(23)19-15)4(2-14)7(11(25)21-17)8(12(26)22-18)6(3)10(24)20-16/h15-18H2,(H,19,23)(H,20,24)(H,21,25)(H,22,26). The number of carbonyl (C=O) groups excluding carboxylic acids is 4. The molecule has 12 N–H and O–H groups in total. The molecule has 4 amide bonds. The number of hydrogen-bond acceptors (Lipinski definition) is 10. The van der Waals surface area contributed by atoms with E-state index in [-0.39, 0.29) is 0 Å². The Kier molecular flexibility index (Phi) is 6.26. The van der Waals surface area contributed by atoms with Crippen molar-refractivity contribution in [3.8, 4) is 12.1 Å². The van der Waals surface area contributed by atoms with Crippen molar-refractivity contribution in [2.24, 2.45) is 23.4 Å². The normalized spacial score (nSPS) is 9.31. The molecule has 0 aliphatic heterocycles. The van der Waals surface area contributed by atoms with E-state index in [9.17, 15) is 29.7 Å². The molecule has 1 rings (SSSR count). The van der Waals surface area contributed by atoms with Crippen LogP contribution in [-0.2, 0) is 0 Å². The molecule has 0 heterocycles. The van der Waals surface area contributed by atoms with E-state index in [1.807, 2.05) is 0 Å². The van der Waals surface area contributed by atoms with Crippen LogP contribution in [0.25, 0.3) is 0 Å². The second kappa shape index (κ2) is 8.15. The van der Waals surface area contributed by atoms with Gasteiger partial charge < -0.3 is 0 Å². The molecule has 0 unspecified atom stereocenters. The zero-order valence-electron chi connectivity index (χ0n) is 12.8. The van der Waals surface area contributed by atoms with Crippen LogP contribution in [0.1, 0.15) is 52.6 Å². The molecule has 0 radical (unpaired) electrons. The fraction of sp³-hybridized carbons (Fsp3) is 0. The minimum atomic E-state index is -1.23. The van der Waals surface area contributed by atoms with Crippen molar-refractivity contribution >= 4 is 23.6 Å². The Bertz CT molecular complexity index is 840. The molecule has 26 heavy (non-hydrogen) atoms. The summed E-state index contributed by atoms with van der Waals surface area (Å²) in [6.07, 6.45) is 0. The number of nitrogens with zero attached hydrogens (tertiary/aromatic N) is 2. The van der Waals surface area contributed by atoms with Crippen molar-refractivity contribution in [2.45, 2.75) is 0 Å². The summed E-state index contributed by atoms with van der Waals surface area (Å²) in [6, 6.07) is 3.01. The first kappa shape index (κ1) is 20.0. The number of benzene rings is 1. The van der Waals surface area contributed by atoms with Crippen LogP contribution in [0, 0.1) is 22.7 Å². The number of nitriles is 2. The van der Waals surface area contributed by atoms with Gasteiger partial charge in [-0.25, -0.2) is 23.4 Å². The van der Waals surface area contributed by atoms with Crippen LogP contribution in [-0.4, -0.2) is 23.6 Å². The van der Waals surface area contributed by atoms with Crippen molar-refractivity contribution in [3.63, 3.8) is 0 Å². The number of nitrogens with one attached hydrogen (secondary N) is 4. The lowest BCUT2D eigenvalue weighted by Gasteiger charge is -2.18. The average Bonchev–Trinajstić information content (AvgIpc) is 2.68. The third-order valence-corrected chi connectivity index (χ3v) is 3.16. The minimum absolute atomic E-state index is 0.733. The van der Waals surface area contributed by atoms with E-state index in [1.165, 1.54) is 12.1 Å². The molecule has 0 bridgehead atoms. The Hall–Kier alpha value is -4.08. The van der Waals surface area contributed by atoms with Crippen LogP contribution in [0.4, 0.5) is 0 Å². The lowest BCUT2D eigenvalue weighted by molar-refractivity contribution is 0.0904. The molecule has 1 aromatic rings. The highest BCUT2D eigenvalue weighted by molar-refractivity contribution is 6.19. The molecule has 1 aromatic carbocycles. The maximum absolute atomic E-state index is 12.2. The summed E-state index contributed by atoms with van der Waals surface area (Å²) in [7, 11) is 0. The van der Waals surface area contributed by atoms with Crippen LogP contribution in [0.3, 0.4) is 0 Å². The van der Waals surface area contributed by atoms with Crippen LogP contribution in [0.15, 0.2) is 0 Å². The van der Waals surface area contributed by atoms with Gasteiger partial charge in [0.25, 0.3) is 23.6 Å². The second-order valence-corrected chi connectivity index (χ2v) is 4.37. The number of nitrogen functional groups attached to an aromatic ring is 4. The molecule has 0 spiro atoms. The molecule has 0 saturated heterocycles. The Labute approximate surface area is 144 Å². The Morgan fingerprint density at radius 1 is 0.577 bits per heavy atom. The highest BCUT2D eigenvalue weighted by atomic mass is 16.2. The van der Waals surface area contributed by atoms with Gasteiger partial charge in [0.05, 0.1) is 33.4 Å². The summed E-state index contributed by atoms with van der Waals surface area (Å²) in [5.41, 5.74) is 2.09. The number of hydrogen-bond donors (Lipinski definition) is 8. The first-order valence-electron chi connectivity index (χ1n) is 6.42. The SMILES string of the molecule is N#Cc1c(C(=O)NN)c(C#N)c(C(=O)NN)c(C(=O)NN)c1C(=O)NN. The van der Waals surface area contributed by atoms with E-state index < -0.39 is 57.0 Å². The van der Waals surface area contributed by atoms with Crippen LogP contribution < -0.4 is 45.1 Å². The monoisotopic (exact) mass is 360 g/mol. The van der Waals surface area contributed by atoms with Gasteiger partial charge in [-0.1, -0.05) is 0 Å². The zero-order chi connectivity index (χ0) is 20.0. The van der Waals surface area contributed by atoms with E-state index in [4.69, 9.17) is 23.4 Å². The van der Waals surface area contributed by atoms with Gasteiger partial charge in [-0.15, -0.1) is 0 Å². The maximum Gasteiger partial charge on any atom is 0.267 e. The van der Waals surface area contributed by atoms with Gasteiger partial charge in [-0.3, -0.25) is 40.9 Å². The second-order valence-electron chi connectivity index (χ2n) is 4.37. The lowest BCUT2D eigenvalue weighted by atomic mass is 9.85. The van der Waals surface area contributed by atoms with E-state index in [0.29, 0.717) is 0 Å². The smallest absolute Gasteiger partial charge is 0.267 e. The van der Waals surface area contributed by atoms with Crippen molar-refractivity contribution in [1.29, 1.82) is 10.5 Å². The average molecular weight is 360 g/mol. The van der Waals surface area contributed by atoms with Crippen molar-refractivity contribution in [1.82, 2.24) is 21.7 Å². The summed E-state index contributed by atoms with van der Waals surface area (Å²) in [6.45, 7) is 0. The van der Waals surface area contributed by atoms with Crippen molar-refractivity contribution < 1.29 is 19.2 Å². The number of hydrazine groups is 4. The van der Waals surface area contributed by atoms with Crippen molar-refractivity contribution in [3.05, 3.63) is 33.4 Å². The molecule has 0 saturated carbocycles. The molecule has 14 heteroatoms. The number of amides is 4. The molecule has 0 atom stereocenters. The van der Waals surface area contributed by atoms with E-state index in [2.05, 4.69) is 0 Å². The molecule has 134 valence electrons. The number of carbonyl (C=O) groups is 4. The summed E-state index contributed by atoms with van der Waals surface area (Å²) in [5, 5.41) is 18.8. The minimum Gasteiger partial charge on any atom is -0.290 e. The fourth-order valence-electron chi connectivity index (χ4n) is 2.17. The molecule has 0 fully saturated rings. The van der Waals surface area contributed by atoms with Crippen LogP contribution in [0.2, 0.25) is 0 Å². The third-order valence-electron chi connectivity index (χ3n) is 3.16. The van der Waals surface area contributed by atoms with E-state index in [1.54, 1.807) is 21.7 Å². The van der Waals surface area contributed by atoms with Crippen LogP contribution >= 0.6 is 0 Å². The highest BCUT2D eigenvalue weighted by Gasteiger charge is 2.35. The van der Waals surface area contributed by atoms with Crippen molar-refractivity contribution in [2.75, 3.05) is 0 Å². The Morgan fingerprint density at radius 2 is 0.846 bits per heavy atom. The predicted molar refractivity (Wildman–Crippen MR) is 82.5 cm³/mol. The van der Waals surface area contributed by atoms with E-state index in [0.717, 1.165) is 0 Å². The summed E-state index contributed by atoms with van der Waals surface area (Å²) in [5.74, 6) is 15.3. The van der Waals surface area contributed by atoms with Gasteiger partial charge >= 0.3 is 0 Å². The lowest BCUT2D eigenvalue weighted by Crippen LogP contribution is -2.41. The van der Waals surface area contributed by atoms with Gasteiger partial charge in [0.2, 0.25) is 0 Å². The quantitative estimate of drug-likeness (QED) is 0.146. The summed E-state index contributed by atoms with van der Waals surface area (Å²) in [4.78, 5) is 48.5. The number of rotatable bonds is 4. The predicted octanol–water partition coefficient (Wildman–Crippen LogP) is -4.16. The molecule has 0 aromatic heterocycles. The molecular formula is C12H12N10O4. The van der Waals surface area contributed by atoms with Gasteiger partial charge in [0, 0.05) is 0 Å². The fourth-order valence-corrected chi connectivity index (χ4v) is 2.17. The topological polar surface area (TPSA) is 268 Å². The van der Waals surface area contributed by atoms with Gasteiger partial charge in [0.15, 0.2) is 0 Å². The first-order valence-corrected chi connectivity index (χ1v) is 6.42. The number of nitrogens with two attached hydrogens (primary N) is 4. The Balaban J connectivity index is 4.38. The van der Waals surface area contributed by atoms with Gasteiger partial charge in [0.1, 0.15) is 12.1 Å².